The fourth-order valence-electron chi connectivity index (χ4n) is 2.85. The summed E-state index contributed by atoms with van der Waals surface area (Å²) in [5, 5.41) is 13.3. The van der Waals surface area contributed by atoms with Gasteiger partial charge in [-0.2, -0.15) is 11.8 Å². The van der Waals surface area contributed by atoms with Crippen LogP contribution in [0.1, 0.15) is 38.2 Å². The van der Waals surface area contributed by atoms with E-state index in [1.54, 1.807) is 0 Å². The van der Waals surface area contributed by atoms with Crippen LogP contribution in [0.5, 0.6) is 0 Å². The molecule has 0 aliphatic carbocycles. The molecule has 0 N–H and O–H groups in total. The quantitative estimate of drug-likeness (QED) is 0.849. The molecule has 1 aromatic heterocycles. The molecule has 1 aliphatic rings. The number of tetrazole rings is 1. The van der Waals surface area contributed by atoms with Crippen LogP contribution in [0, 0.1) is 0 Å². The highest BCUT2D eigenvalue weighted by Crippen LogP contribution is 2.31. The normalized spacial score (nSPS) is 18.1. The van der Waals surface area contributed by atoms with Crippen molar-refractivity contribution in [2.45, 2.75) is 32.4 Å². The van der Waals surface area contributed by atoms with Gasteiger partial charge in [0.2, 0.25) is 0 Å². The number of hydrogen-bond donors (Lipinski definition) is 0. The number of halogens is 1. The summed E-state index contributed by atoms with van der Waals surface area (Å²) in [6.45, 7) is 8.44. The molecule has 0 unspecified atom stereocenters. The van der Waals surface area contributed by atoms with Gasteiger partial charge in [0.15, 0.2) is 5.82 Å². The third kappa shape index (κ3) is 3.70. The zero-order valence-corrected chi connectivity index (χ0v) is 15.3. The smallest absolute Gasteiger partial charge is 0.173 e. The average Bonchev–Trinajstić information content (AvgIpc) is 3.00. The average molecular weight is 352 g/mol. The molecule has 1 atom stereocenters. The monoisotopic (exact) mass is 351 g/mol. The maximum absolute atomic E-state index is 6.07. The molecule has 1 saturated heterocycles. The van der Waals surface area contributed by atoms with E-state index in [0.717, 1.165) is 35.4 Å². The summed E-state index contributed by atoms with van der Waals surface area (Å²) in [4.78, 5) is 2.47. The Balaban J connectivity index is 2.05. The van der Waals surface area contributed by atoms with Crippen LogP contribution in [0.3, 0.4) is 0 Å². The van der Waals surface area contributed by atoms with E-state index in [1.807, 2.05) is 28.6 Å². The standard InChI is InChI=1S/C16H22ClN5S/c1-16(2,3)22-15(18-19-20-22)14(21-8-10-23-11-9-21)12-4-6-13(17)7-5-12/h4-7,14H,8-11H2,1-3H3/t14-/m0/s1. The molecule has 1 aromatic carbocycles. The van der Waals surface area contributed by atoms with Crippen molar-refractivity contribution in [3.05, 3.63) is 40.7 Å². The largest absolute Gasteiger partial charge is 0.288 e. The van der Waals surface area contributed by atoms with E-state index < -0.39 is 0 Å². The van der Waals surface area contributed by atoms with Crippen molar-refractivity contribution in [2.75, 3.05) is 24.6 Å². The predicted octanol–water partition coefficient (Wildman–Crippen LogP) is 3.22. The number of nitrogens with zero attached hydrogens (tertiary/aromatic N) is 5. The second-order valence-corrected chi connectivity index (χ2v) is 8.38. The highest BCUT2D eigenvalue weighted by Gasteiger charge is 2.32. The Hall–Kier alpha value is -1.11. The van der Waals surface area contributed by atoms with Crippen molar-refractivity contribution in [3.8, 4) is 0 Å². The molecule has 3 rings (SSSR count). The van der Waals surface area contributed by atoms with E-state index in [0.29, 0.717) is 0 Å². The molecule has 0 amide bonds. The van der Waals surface area contributed by atoms with E-state index >= 15 is 0 Å². The SMILES string of the molecule is CC(C)(C)n1nnnc1[C@H](c1ccc(Cl)cc1)N1CCSCC1. The topological polar surface area (TPSA) is 46.8 Å². The first-order valence-electron chi connectivity index (χ1n) is 7.83. The lowest BCUT2D eigenvalue weighted by atomic mass is 10.0. The molecule has 1 fully saturated rings. The van der Waals surface area contributed by atoms with Crippen molar-refractivity contribution < 1.29 is 0 Å². The molecule has 5 nitrogen and oxygen atoms in total. The van der Waals surface area contributed by atoms with Crippen LogP contribution in [0.2, 0.25) is 5.02 Å². The van der Waals surface area contributed by atoms with Crippen molar-refractivity contribution in [1.29, 1.82) is 0 Å². The Bertz CT molecular complexity index is 643. The second-order valence-electron chi connectivity index (χ2n) is 6.72. The first-order valence-corrected chi connectivity index (χ1v) is 9.36. The fourth-order valence-corrected chi connectivity index (χ4v) is 3.90. The summed E-state index contributed by atoms with van der Waals surface area (Å²) in [6.07, 6.45) is 0. The van der Waals surface area contributed by atoms with Crippen molar-refractivity contribution in [1.82, 2.24) is 25.1 Å². The summed E-state index contributed by atoms with van der Waals surface area (Å²) in [5.41, 5.74) is 1.02. The number of hydrogen-bond acceptors (Lipinski definition) is 5. The zero-order chi connectivity index (χ0) is 16.4. The fraction of sp³-hybridized carbons (Fsp3) is 0.562. The number of rotatable bonds is 3. The summed E-state index contributed by atoms with van der Waals surface area (Å²) in [5.74, 6) is 3.18. The molecular weight excluding hydrogens is 330 g/mol. The minimum Gasteiger partial charge on any atom is -0.288 e. The summed E-state index contributed by atoms with van der Waals surface area (Å²) in [7, 11) is 0. The van der Waals surface area contributed by atoms with Crippen LogP contribution in [0.4, 0.5) is 0 Å². The summed E-state index contributed by atoms with van der Waals surface area (Å²) in [6, 6.07) is 8.09. The van der Waals surface area contributed by atoms with Gasteiger partial charge < -0.3 is 0 Å². The van der Waals surface area contributed by atoms with Crippen molar-refractivity contribution in [2.24, 2.45) is 0 Å². The molecular formula is C16H22ClN5S. The number of benzene rings is 1. The minimum absolute atomic E-state index is 0.0578. The lowest BCUT2D eigenvalue weighted by Crippen LogP contribution is -2.39. The Morgan fingerprint density at radius 1 is 1.13 bits per heavy atom. The third-order valence-electron chi connectivity index (χ3n) is 3.97. The van der Waals surface area contributed by atoms with E-state index in [1.165, 1.54) is 5.56 Å². The minimum atomic E-state index is -0.159. The van der Waals surface area contributed by atoms with Crippen molar-refractivity contribution in [3.63, 3.8) is 0 Å². The van der Waals surface area contributed by atoms with Gasteiger partial charge in [-0.1, -0.05) is 23.7 Å². The van der Waals surface area contributed by atoms with Gasteiger partial charge in [-0.15, -0.1) is 5.10 Å². The first kappa shape index (κ1) is 16.7. The molecule has 2 aromatic rings. The molecule has 0 radical (unpaired) electrons. The van der Waals surface area contributed by atoms with Gasteiger partial charge in [-0.25, -0.2) is 4.68 Å². The number of aromatic nitrogens is 4. The molecule has 0 bridgehead atoms. The van der Waals surface area contributed by atoms with Crippen molar-refractivity contribution >= 4 is 23.4 Å². The third-order valence-corrected chi connectivity index (χ3v) is 5.16. The van der Waals surface area contributed by atoms with Gasteiger partial charge in [-0.05, 0) is 48.9 Å². The first-order chi connectivity index (χ1) is 11.0. The summed E-state index contributed by atoms with van der Waals surface area (Å²) >= 11 is 8.07. The molecule has 0 spiro atoms. The molecule has 2 heterocycles. The Kier molecular flexibility index (Phi) is 4.94. The highest BCUT2D eigenvalue weighted by molar-refractivity contribution is 7.99. The molecule has 7 heteroatoms. The lowest BCUT2D eigenvalue weighted by Gasteiger charge is -2.35. The maximum atomic E-state index is 6.07. The molecule has 0 saturated carbocycles. The van der Waals surface area contributed by atoms with Gasteiger partial charge in [0, 0.05) is 29.6 Å². The van der Waals surface area contributed by atoms with Crippen LogP contribution < -0.4 is 0 Å². The van der Waals surface area contributed by atoms with Crippen LogP contribution in [-0.4, -0.2) is 49.7 Å². The van der Waals surface area contributed by atoms with Gasteiger partial charge in [-0.3, -0.25) is 4.90 Å². The Morgan fingerprint density at radius 3 is 2.39 bits per heavy atom. The molecule has 23 heavy (non-hydrogen) atoms. The molecule has 124 valence electrons. The lowest BCUT2D eigenvalue weighted by molar-refractivity contribution is 0.220. The maximum Gasteiger partial charge on any atom is 0.173 e. The van der Waals surface area contributed by atoms with Crippen LogP contribution in [-0.2, 0) is 5.54 Å². The zero-order valence-electron chi connectivity index (χ0n) is 13.7. The highest BCUT2D eigenvalue weighted by atomic mass is 35.5. The van der Waals surface area contributed by atoms with E-state index in [4.69, 9.17) is 11.6 Å². The molecule has 1 aliphatic heterocycles. The van der Waals surface area contributed by atoms with Crippen LogP contribution in [0.25, 0.3) is 0 Å². The van der Waals surface area contributed by atoms with Gasteiger partial charge >= 0.3 is 0 Å². The predicted molar refractivity (Wildman–Crippen MR) is 95.0 cm³/mol. The van der Waals surface area contributed by atoms with Crippen LogP contribution in [0.15, 0.2) is 24.3 Å². The van der Waals surface area contributed by atoms with E-state index in [2.05, 4.69) is 53.3 Å². The summed E-state index contributed by atoms with van der Waals surface area (Å²) < 4.78 is 1.94. The van der Waals surface area contributed by atoms with Gasteiger partial charge in [0.1, 0.15) is 0 Å². The second kappa shape index (κ2) is 6.79. The van der Waals surface area contributed by atoms with E-state index in [-0.39, 0.29) is 11.6 Å². The Labute approximate surface area is 146 Å². The number of thioether (sulfide) groups is 1. The Morgan fingerprint density at radius 2 is 1.78 bits per heavy atom. The van der Waals surface area contributed by atoms with E-state index in [9.17, 15) is 0 Å². The van der Waals surface area contributed by atoms with Gasteiger partial charge in [0.25, 0.3) is 0 Å². The van der Waals surface area contributed by atoms with Gasteiger partial charge in [0.05, 0.1) is 11.6 Å². The van der Waals surface area contributed by atoms with Crippen LogP contribution >= 0.6 is 23.4 Å².